The van der Waals surface area contributed by atoms with E-state index in [2.05, 4.69) is 10.6 Å². The first-order valence-corrected chi connectivity index (χ1v) is 9.89. The summed E-state index contributed by atoms with van der Waals surface area (Å²) < 4.78 is 24.9. The van der Waals surface area contributed by atoms with Crippen molar-refractivity contribution in [2.24, 2.45) is 5.92 Å². The second-order valence-electron chi connectivity index (χ2n) is 6.35. The van der Waals surface area contributed by atoms with Gasteiger partial charge in [0.2, 0.25) is 10.0 Å². The summed E-state index contributed by atoms with van der Waals surface area (Å²) in [6, 6.07) is 5.26. The van der Waals surface area contributed by atoms with Crippen LogP contribution in [-0.4, -0.2) is 46.8 Å². The number of sulfonamides is 1. The van der Waals surface area contributed by atoms with E-state index in [1.54, 1.807) is 12.1 Å². The highest BCUT2D eigenvalue weighted by Gasteiger charge is 2.26. The third-order valence-electron chi connectivity index (χ3n) is 4.55. The summed E-state index contributed by atoms with van der Waals surface area (Å²) in [5, 5.41) is 6.33. The first-order valence-electron chi connectivity index (χ1n) is 8.05. The van der Waals surface area contributed by atoms with Crippen LogP contribution in [0.2, 0.25) is 0 Å². The zero-order valence-electron chi connectivity index (χ0n) is 13.7. The Hall–Kier alpha value is -1.31. The fraction of sp³-hybridized carbons (Fsp3) is 0.562. The van der Waals surface area contributed by atoms with Gasteiger partial charge in [0.15, 0.2) is 0 Å². The molecule has 2 heterocycles. The van der Waals surface area contributed by atoms with Crippen LogP contribution in [0.15, 0.2) is 18.2 Å². The van der Waals surface area contributed by atoms with Crippen LogP contribution in [-0.2, 0) is 16.4 Å². The molecule has 0 aliphatic carbocycles. The minimum Gasteiger partial charge on any atom is -0.352 e. The second-order valence-corrected chi connectivity index (χ2v) is 8.26. The number of piperidine rings is 1. The molecule has 6 nitrogen and oxygen atoms in total. The molecular weight excluding hydrogens is 350 g/mol. The number of hydrogen-bond donors (Lipinski definition) is 2. The SMILES string of the molecule is CS(=O)(=O)N1CCc2cc(C(=O)NCC3CCCNC3)ccc21.Cl. The van der Waals surface area contributed by atoms with Crippen molar-refractivity contribution < 1.29 is 13.2 Å². The molecule has 0 spiro atoms. The molecule has 1 atom stereocenters. The molecular formula is C16H24ClN3O3S. The number of nitrogens with one attached hydrogen (secondary N) is 2. The molecule has 1 unspecified atom stereocenters. The van der Waals surface area contributed by atoms with E-state index in [0.29, 0.717) is 36.7 Å². The maximum atomic E-state index is 12.3. The van der Waals surface area contributed by atoms with Gasteiger partial charge in [-0.3, -0.25) is 9.10 Å². The number of carbonyl (C=O) groups is 1. The van der Waals surface area contributed by atoms with Crippen LogP contribution in [0, 0.1) is 5.92 Å². The highest BCUT2D eigenvalue weighted by molar-refractivity contribution is 7.92. The van der Waals surface area contributed by atoms with E-state index in [0.717, 1.165) is 31.5 Å². The molecule has 2 aliphatic rings. The average molecular weight is 374 g/mol. The Morgan fingerprint density at radius 3 is 2.88 bits per heavy atom. The van der Waals surface area contributed by atoms with Gasteiger partial charge in [0.05, 0.1) is 11.9 Å². The Bertz CT molecular complexity index is 703. The third-order valence-corrected chi connectivity index (χ3v) is 5.73. The summed E-state index contributed by atoms with van der Waals surface area (Å²) in [7, 11) is -3.25. The molecule has 0 saturated carbocycles. The molecule has 2 N–H and O–H groups in total. The molecule has 1 fully saturated rings. The van der Waals surface area contributed by atoms with E-state index >= 15 is 0 Å². The van der Waals surface area contributed by atoms with Crippen molar-refractivity contribution in [2.75, 3.05) is 36.7 Å². The van der Waals surface area contributed by atoms with Gasteiger partial charge in [-0.15, -0.1) is 12.4 Å². The molecule has 1 amide bonds. The lowest BCUT2D eigenvalue weighted by Gasteiger charge is -2.23. The molecule has 24 heavy (non-hydrogen) atoms. The van der Waals surface area contributed by atoms with Gasteiger partial charge in [0.1, 0.15) is 0 Å². The number of hydrogen-bond acceptors (Lipinski definition) is 4. The highest BCUT2D eigenvalue weighted by Crippen LogP contribution is 2.30. The first kappa shape index (κ1) is 19.0. The molecule has 0 aromatic heterocycles. The monoisotopic (exact) mass is 373 g/mol. The van der Waals surface area contributed by atoms with Gasteiger partial charge in [0, 0.05) is 18.7 Å². The maximum Gasteiger partial charge on any atom is 0.251 e. The summed E-state index contributed by atoms with van der Waals surface area (Å²) in [6.45, 7) is 3.14. The summed E-state index contributed by atoms with van der Waals surface area (Å²) in [6.07, 6.45) is 4.15. The zero-order valence-corrected chi connectivity index (χ0v) is 15.4. The summed E-state index contributed by atoms with van der Waals surface area (Å²) in [4.78, 5) is 12.3. The van der Waals surface area contributed by atoms with Crippen LogP contribution in [0.4, 0.5) is 5.69 Å². The number of rotatable bonds is 4. The predicted octanol–water partition coefficient (Wildman–Crippen LogP) is 1.16. The Labute approximate surface area is 149 Å². The topological polar surface area (TPSA) is 78.5 Å². The Morgan fingerprint density at radius 2 is 2.21 bits per heavy atom. The van der Waals surface area contributed by atoms with Crippen molar-refractivity contribution in [3.8, 4) is 0 Å². The lowest BCUT2D eigenvalue weighted by atomic mass is 9.99. The number of fused-ring (bicyclic) bond motifs is 1. The van der Waals surface area contributed by atoms with Gasteiger partial charge >= 0.3 is 0 Å². The van der Waals surface area contributed by atoms with Crippen LogP contribution < -0.4 is 14.9 Å². The van der Waals surface area contributed by atoms with Crippen LogP contribution in [0.25, 0.3) is 0 Å². The Kier molecular flexibility index (Phi) is 6.11. The van der Waals surface area contributed by atoms with Crippen molar-refractivity contribution in [1.29, 1.82) is 0 Å². The third kappa shape index (κ3) is 4.20. The molecule has 8 heteroatoms. The quantitative estimate of drug-likeness (QED) is 0.830. The summed E-state index contributed by atoms with van der Waals surface area (Å²) in [5.41, 5.74) is 2.21. The highest BCUT2D eigenvalue weighted by atomic mass is 35.5. The molecule has 1 aromatic carbocycles. The van der Waals surface area contributed by atoms with Gasteiger partial charge in [-0.05, 0) is 62.0 Å². The fourth-order valence-corrected chi connectivity index (χ4v) is 4.25. The second kappa shape index (κ2) is 7.72. The lowest BCUT2D eigenvalue weighted by Crippen LogP contribution is -2.38. The fourth-order valence-electron chi connectivity index (χ4n) is 3.29. The van der Waals surface area contributed by atoms with Crippen LogP contribution in [0.5, 0.6) is 0 Å². The van der Waals surface area contributed by atoms with Crippen LogP contribution >= 0.6 is 12.4 Å². The van der Waals surface area contributed by atoms with Crippen molar-refractivity contribution >= 4 is 34.0 Å². The smallest absolute Gasteiger partial charge is 0.251 e. The summed E-state index contributed by atoms with van der Waals surface area (Å²) >= 11 is 0. The lowest BCUT2D eigenvalue weighted by molar-refractivity contribution is 0.0944. The number of nitrogens with zero attached hydrogens (tertiary/aromatic N) is 1. The standard InChI is InChI=1S/C16H23N3O3S.ClH/c1-23(21,22)19-8-6-13-9-14(4-5-15(13)19)16(20)18-11-12-3-2-7-17-10-12;/h4-5,9,12,17H,2-3,6-8,10-11H2,1H3,(H,18,20);1H. The molecule has 1 aromatic rings. The van der Waals surface area contributed by atoms with E-state index in [-0.39, 0.29) is 18.3 Å². The normalized spacial score (nSPS) is 20.2. The number of halogens is 1. The largest absolute Gasteiger partial charge is 0.352 e. The van der Waals surface area contributed by atoms with E-state index < -0.39 is 10.0 Å². The van der Waals surface area contributed by atoms with Crippen molar-refractivity contribution in [3.05, 3.63) is 29.3 Å². The minimum absolute atomic E-state index is 0. The van der Waals surface area contributed by atoms with E-state index in [4.69, 9.17) is 0 Å². The Balaban J connectivity index is 0.00000208. The molecule has 0 radical (unpaired) electrons. The molecule has 1 saturated heterocycles. The van der Waals surface area contributed by atoms with Gasteiger partial charge in [0.25, 0.3) is 5.91 Å². The minimum atomic E-state index is -3.25. The van der Waals surface area contributed by atoms with E-state index in [1.165, 1.54) is 10.6 Å². The van der Waals surface area contributed by atoms with Crippen molar-refractivity contribution in [3.63, 3.8) is 0 Å². The molecule has 134 valence electrons. The van der Waals surface area contributed by atoms with E-state index in [9.17, 15) is 13.2 Å². The van der Waals surface area contributed by atoms with E-state index in [1.807, 2.05) is 6.07 Å². The van der Waals surface area contributed by atoms with Crippen molar-refractivity contribution in [1.82, 2.24) is 10.6 Å². The zero-order chi connectivity index (χ0) is 16.4. The number of amides is 1. The van der Waals surface area contributed by atoms with Crippen LogP contribution in [0.3, 0.4) is 0 Å². The number of anilines is 1. The van der Waals surface area contributed by atoms with Gasteiger partial charge in [-0.2, -0.15) is 0 Å². The first-order chi connectivity index (χ1) is 10.9. The number of carbonyl (C=O) groups excluding carboxylic acids is 1. The molecule has 2 aliphatic heterocycles. The van der Waals surface area contributed by atoms with Gasteiger partial charge in [-0.1, -0.05) is 0 Å². The molecule has 0 bridgehead atoms. The maximum absolute atomic E-state index is 12.3. The van der Waals surface area contributed by atoms with Gasteiger partial charge < -0.3 is 10.6 Å². The van der Waals surface area contributed by atoms with Crippen LogP contribution in [0.1, 0.15) is 28.8 Å². The summed E-state index contributed by atoms with van der Waals surface area (Å²) in [5.74, 6) is 0.402. The van der Waals surface area contributed by atoms with Gasteiger partial charge in [-0.25, -0.2) is 8.42 Å². The Morgan fingerprint density at radius 1 is 1.42 bits per heavy atom. The molecule has 3 rings (SSSR count). The predicted molar refractivity (Wildman–Crippen MR) is 97.5 cm³/mol. The average Bonchev–Trinajstić information content (AvgIpc) is 2.96. The number of benzene rings is 1. The van der Waals surface area contributed by atoms with Crippen molar-refractivity contribution in [2.45, 2.75) is 19.3 Å².